The SMILES string of the molecule is COc1cnc(C)cc1C(C)=O. The lowest BCUT2D eigenvalue weighted by Crippen LogP contribution is -1.99. The molecule has 1 rings (SSSR count). The number of hydrogen-bond donors (Lipinski definition) is 0. The molecule has 0 aliphatic rings. The van der Waals surface area contributed by atoms with Gasteiger partial charge in [-0.2, -0.15) is 0 Å². The number of carbonyl (C=O) groups excluding carboxylic acids is 1. The Hall–Kier alpha value is -1.38. The van der Waals surface area contributed by atoms with E-state index < -0.39 is 0 Å². The Labute approximate surface area is 71.4 Å². The number of rotatable bonds is 2. The molecule has 64 valence electrons. The maximum Gasteiger partial charge on any atom is 0.163 e. The van der Waals surface area contributed by atoms with Crippen LogP contribution >= 0.6 is 0 Å². The number of hydrogen-bond acceptors (Lipinski definition) is 3. The lowest BCUT2D eigenvalue weighted by Gasteiger charge is -2.04. The van der Waals surface area contributed by atoms with Crippen molar-refractivity contribution in [2.24, 2.45) is 0 Å². The number of aryl methyl sites for hydroxylation is 1. The van der Waals surface area contributed by atoms with Gasteiger partial charge in [-0.3, -0.25) is 9.78 Å². The fraction of sp³-hybridized carbons (Fsp3) is 0.333. The molecule has 0 saturated heterocycles. The quantitative estimate of drug-likeness (QED) is 0.625. The maximum absolute atomic E-state index is 11.1. The van der Waals surface area contributed by atoms with Gasteiger partial charge in [0.15, 0.2) is 5.78 Å². The zero-order valence-corrected chi connectivity index (χ0v) is 7.42. The van der Waals surface area contributed by atoms with E-state index in [2.05, 4.69) is 4.98 Å². The first-order valence-electron chi connectivity index (χ1n) is 3.66. The minimum atomic E-state index is -0.00245. The van der Waals surface area contributed by atoms with E-state index in [0.29, 0.717) is 11.3 Å². The average Bonchev–Trinajstić information content (AvgIpc) is 2.04. The highest BCUT2D eigenvalue weighted by Gasteiger charge is 2.07. The first kappa shape index (κ1) is 8.71. The first-order valence-corrected chi connectivity index (χ1v) is 3.66. The third kappa shape index (κ3) is 1.61. The Morgan fingerprint density at radius 1 is 1.58 bits per heavy atom. The molecule has 0 aromatic carbocycles. The van der Waals surface area contributed by atoms with Crippen molar-refractivity contribution < 1.29 is 9.53 Å². The summed E-state index contributed by atoms with van der Waals surface area (Å²) in [6, 6.07) is 1.72. The summed E-state index contributed by atoms with van der Waals surface area (Å²) in [4.78, 5) is 15.1. The summed E-state index contributed by atoms with van der Waals surface area (Å²) in [6.45, 7) is 3.35. The third-order valence-corrected chi connectivity index (χ3v) is 1.60. The monoisotopic (exact) mass is 165 g/mol. The van der Waals surface area contributed by atoms with Crippen molar-refractivity contribution >= 4 is 5.78 Å². The van der Waals surface area contributed by atoms with Crippen molar-refractivity contribution in [1.82, 2.24) is 4.98 Å². The van der Waals surface area contributed by atoms with E-state index in [0.717, 1.165) is 5.69 Å². The Bertz CT molecular complexity index is 307. The first-order chi connectivity index (χ1) is 5.65. The van der Waals surface area contributed by atoms with E-state index in [4.69, 9.17) is 4.74 Å². The Morgan fingerprint density at radius 2 is 2.25 bits per heavy atom. The van der Waals surface area contributed by atoms with Crippen molar-refractivity contribution in [2.75, 3.05) is 7.11 Å². The molecular formula is C9H11NO2. The molecule has 0 unspecified atom stereocenters. The largest absolute Gasteiger partial charge is 0.494 e. The second-order valence-corrected chi connectivity index (χ2v) is 2.58. The zero-order valence-electron chi connectivity index (χ0n) is 7.42. The minimum absolute atomic E-state index is 0.00245. The predicted octanol–water partition coefficient (Wildman–Crippen LogP) is 1.60. The molecule has 1 aromatic heterocycles. The lowest BCUT2D eigenvalue weighted by atomic mass is 10.1. The van der Waals surface area contributed by atoms with E-state index >= 15 is 0 Å². The van der Waals surface area contributed by atoms with Crippen LogP contribution in [0, 0.1) is 6.92 Å². The van der Waals surface area contributed by atoms with E-state index in [1.165, 1.54) is 14.0 Å². The van der Waals surface area contributed by atoms with Gasteiger partial charge in [-0.1, -0.05) is 0 Å². The van der Waals surface area contributed by atoms with Crippen molar-refractivity contribution in [3.05, 3.63) is 23.5 Å². The number of nitrogens with zero attached hydrogens (tertiary/aromatic N) is 1. The third-order valence-electron chi connectivity index (χ3n) is 1.60. The second kappa shape index (κ2) is 3.34. The molecule has 0 atom stereocenters. The van der Waals surface area contributed by atoms with Crippen LogP contribution in [-0.4, -0.2) is 17.9 Å². The van der Waals surface area contributed by atoms with Crippen LogP contribution < -0.4 is 4.74 Å². The molecule has 1 heterocycles. The molecule has 0 bridgehead atoms. The number of carbonyl (C=O) groups is 1. The summed E-state index contributed by atoms with van der Waals surface area (Å²) in [5, 5.41) is 0. The van der Waals surface area contributed by atoms with Crippen molar-refractivity contribution in [1.29, 1.82) is 0 Å². The molecule has 0 fully saturated rings. The molecule has 0 aliphatic carbocycles. The molecule has 3 heteroatoms. The van der Waals surface area contributed by atoms with Gasteiger partial charge in [0.1, 0.15) is 5.75 Å². The molecular weight excluding hydrogens is 154 g/mol. The van der Waals surface area contributed by atoms with Crippen molar-refractivity contribution in [3.8, 4) is 5.75 Å². The van der Waals surface area contributed by atoms with Gasteiger partial charge >= 0.3 is 0 Å². The molecule has 0 aliphatic heterocycles. The Balaban J connectivity index is 3.21. The zero-order chi connectivity index (χ0) is 9.14. The summed E-state index contributed by atoms with van der Waals surface area (Å²) < 4.78 is 4.98. The molecule has 0 spiro atoms. The van der Waals surface area contributed by atoms with Gasteiger partial charge in [-0.05, 0) is 19.9 Å². The maximum atomic E-state index is 11.1. The smallest absolute Gasteiger partial charge is 0.163 e. The van der Waals surface area contributed by atoms with Gasteiger partial charge in [-0.15, -0.1) is 0 Å². The molecule has 0 amide bonds. The minimum Gasteiger partial charge on any atom is -0.494 e. The molecule has 0 saturated carbocycles. The van der Waals surface area contributed by atoms with Crippen molar-refractivity contribution in [3.63, 3.8) is 0 Å². The highest BCUT2D eigenvalue weighted by molar-refractivity contribution is 5.96. The van der Waals surface area contributed by atoms with Crippen molar-refractivity contribution in [2.45, 2.75) is 13.8 Å². The van der Waals surface area contributed by atoms with E-state index in [1.54, 1.807) is 12.3 Å². The van der Waals surface area contributed by atoms with Crippen LogP contribution in [0.4, 0.5) is 0 Å². The Kier molecular flexibility index (Phi) is 2.43. The topological polar surface area (TPSA) is 39.2 Å². The average molecular weight is 165 g/mol. The number of aromatic nitrogens is 1. The lowest BCUT2D eigenvalue weighted by molar-refractivity contribution is 0.101. The molecule has 1 aromatic rings. The summed E-state index contributed by atoms with van der Waals surface area (Å²) >= 11 is 0. The standard InChI is InChI=1S/C9H11NO2/c1-6-4-8(7(2)11)9(12-3)5-10-6/h4-5H,1-3H3. The summed E-state index contributed by atoms with van der Waals surface area (Å²) in [5.41, 5.74) is 1.41. The fourth-order valence-electron chi connectivity index (χ4n) is 0.985. The van der Waals surface area contributed by atoms with Crippen LogP contribution in [-0.2, 0) is 0 Å². The van der Waals surface area contributed by atoms with Gasteiger partial charge in [-0.25, -0.2) is 0 Å². The van der Waals surface area contributed by atoms with E-state index in [-0.39, 0.29) is 5.78 Å². The summed E-state index contributed by atoms with van der Waals surface area (Å²) in [6.07, 6.45) is 1.56. The number of pyridine rings is 1. The van der Waals surface area contributed by atoms with Crippen LogP contribution in [0.5, 0.6) is 5.75 Å². The fourth-order valence-corrected chi connectivity index (χ4v) is 0.985. The number of ketones is 1. The summed E-state index contributed by atoms with van der Waals surface area (Å²) in [5.74, 6) is 0.533. The molecule has 12 heavy (non-hydrogen) atoms. The van der Waals surface area contributed by atoms with E-state index in [1.807, 2.05) is 6.92 Å². The predicted molar refractivity (Wildman–Crippen MR) is 45.5 cm³/mol. The van der Waals surface area contributed by atoms with Gasteiger partial charge in [0.2, 0.25) is 0 Å². The summed E-state index contributed by atoms with van der Waals surface area (Å²) in [7, 11) is 1.53. The molecule has 0 N–H and O–H groups in total. The van der Waals surface area contributed by atoms with E-state index in [9.17, 15) is 4.79 Å². The molecule has 3 nitrogen and oxygen atoms in total. The van der Waals surface area contributed by atoms with Crippen LogP contribution in [0.25, 0.3) is 0 Å². The Morgan fingerprint density at radius 3 is 2.75 bits per heavy atom. The molecule has 0 radical (unpaired) electrons. The van der Waals surface area contributed by atoms with Crippen LogP contribution in [0.15, 0.2) is 12.3 Å². The number of ether oxygens (including phenoxy) is 1. The van der Waals surface area contributed by atoms with Gasteiger partial charge < -0.3 is 4.74 Å². The number of Topliss-reactive ketones (excluding diaryl/α,β-unsaturated/α-hetero) is 1. The van der Waals surface area contributed by atoms with Crippen LogP contribution in [0.1, 0.15) is 23.0 Å². The second-order valence-electron chi connectivity index (χ2n) is 2.58. The number of methoxy groups -OCH3 is 1. The highest BCUT2D eigenvalue weighted by atomic mass is 16.5. The van der Waals surface area contributed by atoms with Gasteiger partial charge in [0, 0.05) is 5.69 Å². The normalized spacial score (nSPS) is 9.58. The van der Waals surface area contributed by atoms with Crippen LogP contribution in [0.2, 0.25) is 0 Å². The highest BCUT2D eigenvalue weighted by Crippen LogP contribution is 2.17. The van der Waals surface area contributed by atoms with Gasteiger partial charge in [0.25, 0.3) is 0 Å². The van der Waals surface area contributed by atoms with Gasteiger partial charge in [0.05, 0.1) is 18.9 Å². The van der Waals surface area contributed by atoms with Crippen LogP contribution in [0.3, 0.4) is 0 Å².